The molecule has 0 aliphatic rings. The molecule has 1 atom stereocenters. The third kappa shape index (κ3) is 6.07. The highest BCUT2D eigenvalue weighted by Gasteiger charge is 2.16. The van der Waals surface area contributed by atoms with Crippen molar-refractivity contribution in [3.63, 3.8) is 0 Å². The zero-order valence-electron chi connectivity index (χ0n) is 16.6. The third-order valence-electron chi connectivity index (χ3n) is 4.41. The summed E-state index contributed by atoms with van der Waals surface area (Å²) in [6.45, 7) is 2.57. The first kappa shape index (κ1) is 22.5. The lowest BCUT2D eigenvalue weighted by Crippen LogP contribution is -2.17. The van der Waals surface area contributed by atoms with Crippen molar-refractivity contribution in [1.29, 1.82) is 0 Å². The maximum absolute atomic E-state index is 11.8. The first-order chi connectivity index (χ1) is 13.6. The van der Waals surface area contributed by atoms with Crippen LogP contribution in [0.2, 0.25) is 0 Å². The number of esters is 1. The SMILES string of the molecule is CCOC(=O)CC(N)c1cc(OCc2ccccc2)cc(-c2ccnn2C)c1.Cl. The normalized spacial score (nSPS) is 11.4. The fraction of sp³-hybridized carbons (Fsp3) is 0.273. The van der Waals surface area contributed by atoms with Gasteiger partial charge in [0.1, 0.15) is 12.4 Å². The van der Waals surface area contributed by atoms with Crippen LogP contribution in [0.25, 0.3) is 11.3 Å². The summed E-state index contributed by atoms with van der Waals surface area (Å²) in [4.78, 5) is 11.8. The Morgan fingerprint density at radius 1 is 1.17 bits per heavy atom. The molecule has 0 spiro atoms. The number of halogens is 1. The molecule has 0 aliphatic carbocycles. The number of ether oxygens (including phenoxy) is 2. The number of rotatable bonds is 8. The van der Waals surface area contributed by atoms with E-state index in [4.69, 9.17) is 15.2 Å². The van der Waals surface area contributed by atoms with E-state index in [9.17, 15) is 4.79 Å². The summed E-state index contributed by atoms with van der Waals surface area (Å²) in [7, 11) is 1.88. The van der Waals surface area contributed by atoms with Crippen molar-refractivity contribution in [3.8, 4) is 17.0 Å². The highest BCUT2D eigenvalue weighted by atomic mass is 35.5. The van der Waals surface area contributed by atoms with E-state index in [1.54, 1.807) is 17.8 Å². The summed E-state index contributed by atoms with van der Waals surface area (Å²) in [6, 6.07) is 17.2. The molecule has 0 bridgehead atoms. The number of hydrogen-bond donors (Lipinski definition) is 1. The topological polar surface area (TPSA) is 79.4 Å². The molecule has 1 aromatic heterocycles. The zero-order chi connectivity index (χ0) is 19.9. The summed E-state index contributed by atoms with van der Waals surface area (Å²) in [5.41, 5.74) is 10.0. The molecule has 0 fully saturated rings. The largest absolute Gasteiger partial charge is 0.489 e. The molecule has 7 heteroatoms. The van der Waals surface area contributed by atoms with Crippen molar-refractivity contribution in [1.82, 2.24) is 9.78 Å². The average Bonchev–Trinajstić information content (AvgIpc) is 3.13. The molecular weight excluding hydrogens is 390 g/mol. The van der Waals surface area contributed by atoms with Crippen LogP contribution in [-0.4, -0.2) is 22.4 Å². The molecular formula is C22H26ClN3O3. The molecule has 2 aromatic carbocycles. The van der Waals surface area contributed by atoms with Gasteiger partial charge in [0, 0.05) is 24.8 Å². The van der Waals surface area contributed by atoms with Crippen LogP contribution in [0, 0.1) is 0 Å². The van der Waals surface area contributed by atoms with Crippen LogP contribution in [0.4, 0.5) is 0 Å². The van der Waals surface area contributed by atoms with Gasteiger partial charge in [0.15, 0.2) is 0 Å². The molecule has 1 heterocycles. The number of nitrogens with zero attached hydrogens (tertiary/aromatic N) is 2. The second-order valence-corrected chi connectivity index (χ2v) is 6.52. The van der Waals surface area contributed by atoms with Gasteiger partial charge in [0.05, 0.1) is 18.7 Å². The summed E-state index contributed by atoms with van der Waals surface area (Å²) < 4.78 is 12.8. The highest BCUT2D eigenvalue weighted by molar-refractivity contribution is 5.85. The van der Waals surface area contributed by atoms with Gasteiger partial charge in [-0.2, -0.15) is 5.10 Å². The summed E-state index contributed by atoms with van der Waals surface area (Å²) >= 11 is 0. The molecule has 0 aliphatic heterocycles. The molecule has 1 unspecified atom stereocenters. The Kier molecular flexibility index (Phi) is 8.24. The minimum absolute atomic E-state index is 0. The smallest absolute Gasteiger partial charge is 0.307 e. The van der Waals surface area contributed by atoms with Crippen LogP contribution < -0.4 is 10.5 Å². The molecule has 0 saturated heterocycles. The number of aryl methyl sites for hydroxylation is 1. The van der Waals surface area contributed by atoms with E-state index in [0.717, 1.165) is 22.4 Å². The zero-order valence-corrected chi connectivity index (χ0v) is 17.4. The van der Waals surface area contributed by atoms with E-state index >= 15 is 0 Å². The monoisotopic (exact) mass is 415 g/mol. The third-order valence-corrected chi connectivity index (χ3v) is 4.41. The molecule has 6 nitrogen and oxygen atoms in total. The Morgan fingerprint density at radius 2 is 1.93 bits per heavy atom. The van der Waals surface area contributed by atoms with E-state index in [1.165, 1.54) is 0 Å². The van der Waals surface area contributed by atoms with Crippen molar-refractivity contribution < 1.29 is 14.3 Å². The predicted octanol–water partition coefficient (Wildman–Crippen LogP) is 4.04. The van der Waals surface area contributed by atoms with E-state index in [2.05, 4.69) is 5.10 Å². The van der Waals surface area contributed by atoms with E-state index in [-0.39, 0.29) is 24.8 Å². The van der Waals surface area contributed by atoms with Crippen molar-refractivity contribution in [2.24, 2.45) is 12.8 Å². The van der Waals surface area contributed by atoms with Crippen molar-refractivity contribution >= 4 is 18.4 Å². The van der Waals surface area contributed by atoms with Gasteiger partial charge in [-0.25, -0.2) is 0 Å². The number of benzene rings is 2. The predicted molar refractivity (Wildman–Crippen MR) is 115 cm³/mol. The average molecular weight is 416 g/mol. The number of aromatic nitrogens is 2. The van der Waals surface area contributed by atoms with Gasteiger partial charge in [-0.15, -0.1) is 12.4 Å². The van der Waals surface area contributed by atoms with E-state index in [0.29, 0.717) is 19.0 Å². The van der Waals surface area contributed by atoms with Crippen LogP contribution >= 0.6 is 12.4 Å². The van der Waals surface area contributed by atoms with Crippen molar-refractivity contribution in [2.75, 3.05) is 6.61 Å². The van der Waals surface area contributed by atoms with Crippen LogP contribution in [0.5, 0.6) is 5.75 Å². The fourth-order valence-electron chi connectivity index (χ4n) is 2.98. The van der Waals surface area contributed by atoms with Crippen molar-refractivity contribution in [3.05, 3.63) is 71.9 Å². The maximum Gasteiger partial charge on any atom is 0.307 e. The first-order valence-electron chi connectivity index (χ1n) is 9.28. The second kappa shape index (κ2) is 10.6. The Hall–Kier alpha value is -2.83. The molecule has 3 rings (SSSR count). The first-order valence-corrected chi connectivity index (χ1v) is 9.28. The molecule has 0 radical (unpaired) electrons. The summed E-state index contributed by atoms with van der Waals surface area (Å²) in [5.74, 6) is 0.379. The van der Waals surface area contributed by atoms with Gasteiger partial charge in [0.25, 0.3) is 0 Å². The number of nitrogens with two attached hydrogens (primary N) is 1. The molecule has 2 N–H and O–H groups in total. The van der Waals surface area contributed by atoms with Crippen LogP contribution in [0.15, 0.2) is 60.8 Å². The van der Waals surface area contributed by atoms with E-state index in [1.807, 2.05) is 61.6 Å². The fourth-order valence-corrected chi connectivity index (χ4v) is 2.98. The Labute approximate surface area is 177 Å². The maximum atomic E-state index is 11.8. The lowest BCUT2D eigenvalue weighted by Gasteiger charge is -2.16. The number of hydrogen-bond acceptors (Lipinski definition) is 5. The molecule has 0 amide bonds. The Balaban J connectivity index is 0.00000300. The minimum atomic E-state index is -0.480. The van der Waals surface area contributed by atoms with Crippen LogP contribution in [0.3, 0.4) is 0 Å². The van der Waals surface area contributed by atoms with Crippen LogP contribution in [0.1, 0.15) is 30.5 Å². The van der Waals surface area contributed by atoms with Gasteiger partial charge in [-0.1, -0.05) is 30.3 Å². The quantitative estimate of drug-likeness (QED) is 0.561. The molecule has 0 saturated carbocycles. The lowest BCUT2D eigenvalue weighted by atomic mass is 10.00. The minimum Gasteiger partial charge on any atom is -0.489 e. The number of carbonyl (C=O) groups is 1. The summed E-state index contributed by atoms with van der Waals surface area (Å²) in [5, 5.41) is 4.23. The Bertz CT molecular complexity index is 928. The molecule has 29 heavy (non-hydrogen) atoms. The molecule has 154 valence electrons. The van der Waals surface area contributed by atoms with Gasteiger partial charge in [-0.05, 0) is 42.3 Å². The van der Waals surface area contributed by atoms with Gasteiger partial charge in [0.2, 0.25) is 0 Å². The highest BCUT2D eigenvalue weighted by Crippen LogP contribution is 2.29. The van der Waals surface area contributed by atoms with Crippen molar-refractivity contribution in [2.45, 2.75) is 26.0 Å². The van der Waals surface area contributed by atoms with Gasteiger partial charge < -0.3 is 15.2 Å². The van der Waals surface area contributed by atoms with E-state index < -0.39 is 6.04 Å². The van der Waals surface area contributed by atoms with Crippen LogP contribution in [-0.2, 0) is 23.2 Å². The second-order valence-electron chi connectivity index (χ2n) is 6.52. The Morgan fingerprint density at radius 3 is 2.59 bits per heavy atom. The summed E-state index contributed by atoms with van der Waals surface area (Å²) in [6.07, 6.45) is 1.85. The molecule has 3 aromatic rings. The van der Waals surface area contributed by atoms with Gasteiger partial charge in [-0.3, -0.25) is 9.48 Å². The van der Waals surface area contributed by atoms with Gasteiger partial charge >= 0.3 is 5.97 Å². The number of carbonyl (C=O) groups excluding carboxylic acids is 1. The standard InChI is InChI=1S/C22H25N3O3.ClH/c1-3-27-22(26)14-20(23)17-11-18(21-9-10-24-25(21)2)13-19(12-17)28-15-16-7-5-4-6-8-16;/h4-13,20H,3,14-15,23H2,1-2H3;1H. The lowest BCUT2D eigenvalue weighted by molar-refractivity contribution is -0.143.